The molecule has 0 bridgehead atoms. The highest BCUT2D eigenvalue weighted by Gasteiger charge is 2.33. The van der Waals surface area contributed by atoms with Gasteiger partial charge in [0.25, 0.3) is 5.91 Å². The maximum atomic E-state index is 13.4. The molecule has 8 nitrogen and oxygen atoms in total. The molecule has 3 aromatic rings. The Hall–Kier alpha value is -3.03. The molecule has 0 N–H and O–H groups in total. The fraction of sp³-hybridized carbons (Fsp3) is 0.450. The predicted molar refractivity (Wildman–Crippen MR) is 102 cm³/mol. The zero-order valence-electron chi connectivity index (χ0n) is 16.3. The number of likely N-dealkylation sites (tertiary alicyclic amines) is 1. The van der Waals surface area contributed by atoms with E-state index in [0.717, 1.165) is 12.8 Å². The molecule has 0 spiro atoms. The first-order valence-corrected chi connectivity index (χ1v) is 9.64. The molecule has 2 atom stereocenters. The van der Waals surface area contributed by atoms with E-state index in [0.29, 0.717) is 29.5 Å². The highest BCUT2D eigenvalue weighted by molar-refractivity contribution is 5.98. The zero-order valence-corrected chi connectivity index (χ0v) is 16.3. The van der Waals surface area contributed by atoms with Crippen LogP contribution in [0.1, 0.15) is 67.5 Å². The minimum atomic E-state index is -0.0299. The lowest BCUT2D eigenvalue weighted by Crippen LogP contribution is -2.45. The fourth-order valence-electron chi connectivity index (χ4n) is 3.57. The van der Waals surface area contributed by atoms with Gasteiger partial charge in [-0.1, -0.05) is 31.1 Å². The van der Waals surface area contributed by atoms with Crippen LogP contribution in [-0.2, 0) is 0 Å². The van der Waals surface area contributed by atoms with Gasteiger partial charge < -0.3 is 9.42 Å². The van der Waals surface area contributed by atoms with Crippen LogP contribution in [0.5, 0.6) is 0 Å². The minimum Gasteiger partial charge on any atom is -0.339 e. The van der Waals surface area contributed by atoms with Gasteiger partial charge in [-0.25, -0.2) is 0 Å². The van der Waals surface area contributed by atoms with Crippen molar-refractivity contribution in [2.24, 2.45) is 0 Å². The van der Waals surface area contributed by atoms with Gasteiger partial charge in [-0.15, -0.1) is 0 Å². The second kappa shape index (κ2) is 7.53. The number of hydrogen-bond acceptors (Lipinski definition) is 6. The SMILES string of the molecule is CC(C)c1nc([C@@H]2CC[C@@H](C)N(C(=O)c3ccccc3-n3nccn3)C2)no1. The number of benzene rings is 1. The first-order valence-electron chi connectivity index (χ1n) is 9.64. The van der Waals surface area contributed by atoms with Crippen LogP contribution in [0.4, 0.5) is 0 Å². The number of rotatable bonds is 4. The number of piperidine rings is 1. The van der Waals surface area contributed by atoms with Crippen molar-refractivity contribution < 1.29 is 9.32 Å². The first kappa shape index (κ1) is 18.3. The van der Waals surface area contributed by atoms with E-state index in [4.69, 9.17) is 4.52 Å². The van der Waals surface area contributed by atoms with Gasteiger partial charge in [0.2, 0.25) is 5.89 Å². The van der Waals surface area contributed by atoms with Gasteiger partial charge in [-0.2, -0.15) is 20.0 Å². The van der Waals surface area contributed by atoms with Gasteiger partial charge in [0, 0.05) is 24.4 Å². The maximum absolute atomic E-state index is 13.4. The quantitative estimate of drug-likeness (QED) is 0.690. The van der Waals surface area contributed by atoms with Gasteiger partial charge >= 0.3 is 0 Å². The van der Waals surface area contributed by atoms with Crippen LogP contribution in [0.25, 0.3) is 5.69 Å². The van der Waals surface area contributed by atoms with Crippen molar-refractivity contribution in [2.45, 2.75) is 51.5 Å². The highest BCUT2D eigenvalue weighted by atomic mass is 16.5. The molecule has 0 unspecified atom stereocenters. The average molecular weight is 380 g/mol. The Balaban J connectivity index is 1.60. The van der Waals surface area contributed by atoms with Crippen LogP contribution in [0.15, 0.2) is 41.2 Å². The molecule has 0 saturated carbocycles. The van der Waals surface area contributed by atoms with Gasteiger partial charge in [0.15, 0.2) is 5.82 Å². The topological polar surface area (TPSA) is 89.9 Å². The molecule has 1 saturated heterocycles. The molecule has 1 aromatic carbocycles. The third-order valence-corrected chi connectivity index (χ3v) is 5.23. The molecule has 1 aliphatic heterocycles. The fourth-order valence-corrected chi connectivity index (χ4v) is 3.57. The summed E-state index contributed by atoms with van der Waals surface area (Å²) in [6.45, 7) is 6.70. The van der Waals surface area contributed by atoms with Gasteiger partial charge in [0.1, 0.15) is 0 Å². The number of amides is 1. The van der Waals surface area contributed by atoms with Crippen molar-refractivity contribution in [3.8, 4) is 5.69 Å². The standard InChI is InChI=1S/C20H24N6O2/c1-13(2)19-23-18(24-28-19)15-9-8-14(3)25(12-15)20(27)16-6-4-5-7-17(16)26-21-10-11-22-26/h4-7,10-11,13-15H,8-9,12H2,1-3H3/t14-,15-/m1/s1. The van der Waals surface area contributed by atoms with Crippen molar-refractivity contribution in [1.82, 2.24) is 30.0 Å². The zero-order chi connectivity index (χ0) is 19.7. The number of nitrogens with zero attached hydrogens (tertiary/aromatic N) is 6. The van der Waals surface area contributed by atoms with E-state index in [1.807, 2.05) is 43.0 Å². The highest BCUT2D eigenvalue weighted by Crippen LogP contribution is 2.31. The monoisotopic (exact) mass is 380 g/mol. The van der Waals surface area contributed by atoms with E-state index >= 15 is 0 Å². The summed E-state index contributed by atoms with van der Waals surface area (Å²) in [4.78, 5) is 21.3. The molecule has 0 aliphatic carbocycles. The molecule has 1 amide bonds. The molecule has 2 aromatic heterocycles. The molecule has 4 rings (SSSR count). The van der Waals surface area contributed by atoms with E-state index in [1.165, 1.54) is 4.80 Å². The van der Waals surface area contributed by atoms with E-state index in [-0.39, 0.29) is 23.8 Å². The summed E-state index contributed by atoms with van der Waals surface area (Å²) >= 11 is 0. The Bertz CT molecular complexity index is 949. The largest absolute Gasteiger partial charge is 0.339 e. The maximum Gasteiger partial charge on any atom is 0.256 e. The molecular formula is C20H24N6O2. The Kier molecular flexibility index (Phi) is 4.93. The van der Waals surface area contributed by atoms with Crippen molar-refractivity contribution in [3.63, 3.8) is 0 Å². The summed E-state index contributed by atoms with van der Waals surface area (Å²) in [5.74, 6) is 1.57. The van der Waals surface area contributed by atoms with Crippen molar-refractivity contribution in [2.75, 3.05) is 6.54 Å². The van der Waals surface area contributed by atoms with Crippen LogP contribution in [0.3, 0.4) is 0 Å². The number of hydrogen-bond donors (Lipinski definition) is 0. The lowest BCUT2D eigenvalue weighted by Gasteiger charge is -2.37. The molecule has 0 radical (unpaired) electrons. The van der Waals surface area contributed by atoms with Gasteiger partial charge in [-0.3, -0.25) is 4.79 Å². The smallest absolute Gasteiger partial charge is 0.256 e. The third kappa shape index (κ3) is 3.42. The second-order valence-corrected chi connectivity index (χ2v) is 7.56. The van der Waals surface area contributed by atoms with Crippen molar-refractivity contribution >= 4 is 5.91 Å². The Morgan fingerprint density at radius 2 is 1.93 bits per heavy atom. The molecular weight excluding hydrogens is 356 g/mol. The van der Waals surface area contributed by atoms with Crippen LogP contribution >= 0.6 is 0 Å². The minimum absolute atomic E-state index is 0.0299. The van der Waals surface area contributed by atoms with Crippen LogP contribution in [0.2, 0.25) is 0 Å². The van der Waals surface area contributed by atoms with Crippen LogP contribution in [-0.4, -0.2) is 48.5 Å². The molecule has 146 valence electrons. The van der Waals surface area contributed by atoms with Crippen molar-refractivity contribution in [3.05, 3.63) is 53.9 Å². The molecule has 1 aliphatic rings. The number of aromatic nitrogens is 5. The van der Waals surface area contributed by atoms with E-state index in [2.05, 4.69) is 27.3 Å². The number of carbonyl (C=O) groups excluding carboxylic acids is 1. The summed E-state index contributed by atoms with van der Waals surface area (Å²) in [5.41, 5.74) is 1.26. The van der Waals surface area contributed by atoms with Gasteiger partial charge in [0.05, 0.1) is 23.6 Å². The molecule has 1 fully saturated rings. The Labute approximate surface area is 163 Å². The summed E-state index contributed by atoms with van der Waals surface area (Å²) in [7, 11) is 0. The van der Waals surface area contributed by atoms with E-state index < -0.39 is 0 Å². The second-order valence-electron chi connectivity index (χ2n) is 7.56. The Morgan fingerprint density at radius 1 is 1.18 bits per heavy atom. The third-order valence-electron chi connectivity index (χ3n) is 5.23. The predicted octanol–water partition coefficient (Wildman–Crippen LogP) is 3.18. The molecule has 8 heteroatoms. The molecule has 28 heavy (non-hydrogen) atoms. The van der Waals surface area contributed by atoms with E-state index in [9.17, 15) is 4.79 Å². The summed E-state index contributed by atoms with van der Waals surface area (Å²) < 4.78 is 5.37. The van der Waals surface area contributed by atoms with Gasteiger partial charge in [-0.05, 0) is 31.9 Å². The summed E-state index contributed by atoms with van der Waals surface area (Å²) in [6.07, 6.45) is 5.03. The first-order chi connectivity index (χ1) is 13.5. The number of para-hydroxylation sites is 1. The lowest BCUT2D eigenvalue weighted by atomic mass is 9.92. The lowest BCUT2D eigenvalue weighted by molar-refractivity contribution is 0.0604. The molecule has 3 heterocycles. The summed E-state index contributed by atoms with van der Waals surface area (Å²) in [5, 5.41) is 12.5. The van der Waals surface area contributed by atoms with Crippen LogP contribution in [0, 0.1) is 0 Å². The summed E-state index contributed by atoms with van der Waals surface area (Å²) in [6, 6.07) is 7.56. The van der Waals surface area contributed by atoms with Crippen LogP contribution < -0.4 is 0 Å². The Morgan fingerprint density at radius 3 is 2.64 bits per heavy atom. The number of carbonyl (C=O) groups is 1. The average Bonchev–Trinajstić information content (AvgIpc) is 3.40. The van der Waals surface area contributed by atoms with E-state index in [1.54, 1.807) is 12.4 Å². The van der Waals surface area contributed by atoms with Crippen molar-refractivity contribution in [1.29, 1.82) is 0 Å². The normalized spacial score (nSPS) is 19.9.